The Bertz CT molecular complexity index is 1320. The number of carbonyl (C=O) groups is 1. The largest absolute Gasteiger partial charge is 0.496 e. The average Bonchev–Trinajstić information content (AvgIpc) is 2.81. The van der Waals surface area contributed by atoms with Gasteiger partial charge in [0.05, 0.1) is 24.4 Å². The van der Waals surface area contributed by atoms with E-state index in [1.165, 1.54) is 0 Å². The monoisotopic (exact) mass is 472 g/mol. The molecule has 1 aromatic carbocycles. The molecule has 1 fully saturated rings. The molecule has 3 heterocycles. The van der Waals surface area contributed by atoms with Crippen molar-refractivity contribution < 1.29 is 14.3 Å². The summed E-state index contributed by atoms with van der Waals surface area (Å²) >= 11 is 0. The smallest absolute Gasteiger partial charge is 0.410 e. The van der Waals surface area contributed by atoms with E-state index in [0.717, 1.165) is 41.0 Å². The van der Waals surface area contributed by atoms with E-state index < -0.39 is 5.60 Å². The highest BCUT2D eigenvalue weighted by Crippen LogP contribution is 2.35. The molecular formula is C28H32N4O3. The summed E-state index contributed by atoms with van der Waals surface area (Å²) in [5.41, 5.74) is 5.01. The molecule has 35 heavy (non-hydrogen) atoms. The molecule has 0 aliphatic carbocycles. The van der Waals surface area contributed by atoms with Gasteiger partial charge in [-0.2, -0.15) is 5.26 Å². The van der Waals surface area contributed by atoms with Gasteiger partial charge in [-0.25, -0.2) is 14.8 Å². The minimum absolute atomic E-state index is 0.0762. The van der Waals surface area contributed by atoms with Crippen LogP contribution in [0.25, 0.3) is 22.3 Å². The maximum atomic E-state index is 12.6. The highest BCUT2D eigenvalue weighted by Gasteiger charge is 2.29. The first-order valence-corrected chi connectivity index (χ1v) is 11.9. The van der Waals surface area contributed by atoms with Crippen molar-refractivity contribution in [1.29, 1.82) is 5.26 Å². The summed E-state index contributed by atoms with van der Waals surface area (Å²) in [6, 6.07) is 12.0. The number of fused-ring (bicyclic) bond motifs is 1. The van der Waals surface area contributed by atoms with Crippen LogP contribution in [0.1, 0.15) is 61.9 Å². The number of hydrogen-bond acceptors (Lipinski definition) is 6. The number of pyridine rings is 2. The maximum absolute atomic E-state index is 12.6. The minimum Gasteiger partial charge on any atom is -0.496 e. The van der Waals surface area contributed by atoms with Crippen LogP contribution in [0.4, 0.5) is 4.79 Å². The molecule has 1 saturated heterocycles. The van der Waals surface area contributed by atoms with Crippen LogP contribution in [0.2, 0.25) is 0 Å². The molecule has 7 heteroatoms. The minimum atomic E-state index is -0.533. The first-order chi connectivity index (χ1) is 16.6. The molecule has 0 spiro atoms. The molecule has 0 N–H and O–H groups in total. The Morgan fingerprint density at radius 2 is 1.94 bits per heavy atom. The molecule has 0 radical (unpaired) electrons. The number of nitriles is 1. The summed E-state index contributed by atoms with van der Waals surface area (Å²) in [6.45, 7) is 10.9. The van der Waals surface area contributed by atoms with Crippen molar-refractivity contribution in [2.45, 2.75) is 59.0 Å². The number of nitrogens with zero attached hydrogens (tertiary/aromatic N) is 4. The second kappa shape index (κ2) is 9.53. The highest BCUT2D eigenvalue weighted by atomic mass is 16.6. The van der Waals surface area contributed by atoms with Crippen molar-refractivity contribution in [2.24, 2.45) is 0 Å². The van der Waals surface area contributed by atoms with Crippen molar-refractivity contribution in [2.75, 3.05) is 20.2 Å². The molecule has 7 nitrogen and oxygen atoms in total. The SMILES string of the molecule is COc1cc(C)cc(C)c1-c1cc(C#N)c2ccc(C3CCCN(C(=O)OC(C)(C)C)C3)nc2n1. The lowest BCUT2D eigenvalue weighted by Gasteiger charge is -2.34. The second-order valence-electron chi connectivity index (χ2n) is 10.2. The van der Waals surface area contributed by atoms with E-state index in [4.69, 9.17) is 19.4 Å². The molecule has 0 bridgehead atoms. The van der Waals surface area contributed by atoms with E-state index in [2.05, 4.69) is 12.1 Å². The number of methoxy groups -OCH3 is 1. The lowest BCUT2D eigenvalue weighted by atomic mass is 9.94. The Hall–Kier alpha value is -3.66. The fourth-order valence-corrected chi connectivity index (χ4v) is 4.70. The molecule has 1 aliphatic heterocycles. The summed E-state index contributed by atoms with van der Waals surface area (Å²) in [6.07, 6.45) is 1.51. The van der Waals surface area contributed by atoms with Crippen LogP contribution in [0, 0.1) is 25.2 Å². The van der Waals surface area contributed by atoms with Gasteiger partial charge in [0.25, 0.3) is 0 Å². The van der Waals surface area contributed by atoms with Gasteiger partial charge in [0, 0.05) is 35.7 Å². The second-order valence-corrected chi connectivity index (χ2v) is 10.2. The Kier molecular flexibility index (Phi) is 6.66. The molecule has 0 saturated carbocycles. The van der Waals surface area contributed by atoms with Crippen molar-refractivity contribution >= 4 is 17.1 Å². The number of hydrogen-bond donors (Lipinski definition) is 0. The van der Waals surface area contributed by atoms with Gasteiger partial charge >= 0.3 is 6.09 Å². The molecule has 1 aliphatic rings. The van der Waals surface area contributed by atoms with E-state index in [-0.39, 0.29) is 12.0 Å². The van der Waals surface area contributed by atoms with E-state index in [9.17, 15) is 10.1 Å². The number of aromatic nitrogens is 2. The summed E-state index contributed by atoms with van der Waals surface area (Å²) in [5.74, 6) is 0.794. The number of likely N-dealkylation sites (tertiary alicyclic amines) is 1. The molecule has 3 aromatic rings. The molecular weight excluding hydrogens is 440 g/mol. The predicted molar refractivity (Wildman–Crippen MR) is 135 cm³/mol. The Labute approximate surface area is 206 Å². The van der Waals surface area contributed by atoms with Gasteiger partial charge in [-0.15, -0.1) is 0 Å². The Morgan fingerprint density at radius 1 is 1.17 bits per heavy atom. The number of benzene rings is 1. The third kappa shape index (κ3) is 5.22. The molecule has 1 amide bonds. The predicted octanol–water partition coefficient (Wildman–Crippen LogP) is 5.91. The summed E-state index contributed by atoms with van der Waals surface area (Å²) < 4.78 is 11.2. The van der Waals surface area contributed by atoms with Crippen LogP contribution in [0.3, 0.4) is 0 Å². The summed E-state index contributed by atoms with van der Waals surface area (Å²) in [5, 5.41) is 10.6. The third-order valence-corrected chi connectivity index (χ3v) is 6.23. The molecule has 4 rings (SSSR count). The number of carbonyl (C=O) groups excluding carboxylic acids is 1. The van der Waals surface area contributed by atoms with Crippen LogP contribution in [-0.2, 0) is 4.74 Å². The van der Waals surface area contributed by atoms with Gasteiger partial charge in [0.1, 0.15) is 11.4 Å². The summed E-state index contributed by atoms with van der Waals surface area (Å²) in [4.78, 5) is 24.1. The van der Waals surface area contributed by atoms with Crippen LogP contribution < -0.4 is 4.74 Å². The number of ether oxygens (including phenoxy) is 2. The Balaban J connectivity index is 1.73. The lowest BCUT2D eigenvalue weighted by Crippen LogP contribution is -2.42. The molecule has 2 aromatic heterocycles. The topological polar surface area (TPSA) is 88.3 Å². The van der Waals surface area contributed by atoms with Gasteiger partial charge in [-0.3, -0.25) is 0 Å². The molecule has 182 valence electrons. The van der Waals surface area contributed by atoms with Gasteiger partial charge in [-0.1, -0.05) is 6.07 Å². The van der Waals surface area contributed by atoms with Crippen LogP contribution in [-0.4, -0.2) is 46.8 Å². The van der Waals surface area contributed by atoms with Crippen LogP contribution in [0.15, 0.2) is 30.3 Å². The average molecular weight is 473 g/mol. The zero-order valence-electron chi connectivity index (χ0n) is 21.3. The fourth-order valence-electron chi connectivity index (χ4n) is 4.70. The van der Waals surface area contributed by atoms with Gasteiger partial charge in [0.2, 0.25) is 0 Å². The third-order valence-electron chi connectivity index (χ3n) is 6.23. The molecule has 1 unspecified atom stereocenters. The van der Waals surface area contributed by atoms with Crippen molar-refractivity contribution in [3.05, 3.63) is 52.7 Å². The van der Waals surface area contributed by atoms with E-state index in [1.807, 2.05) is 52.8 Å². The first-order valence-electron chi connectivity index (χ1n) is 11.9. The highest BCUT2D eigenvalue weighted by molar-refractivity contribution is 5.86. The van der Waals surface area contributed by atoms with Gasteiger partial charge < -0.3 is 14.4 Å². The van der Waals surface area contributed by atoms with E-state index in [0.29, 0.717) is 35.4 Å². The zero-order valence-corrected chi connectivity index (χ0v) is 21.3. The Morgan fingerprint density at radius 3 is 2.63 bits per heavy atom. The molecule has 1 atom stereocenters. The first kappa shape index (κ1) is 24.5. The van der Waals surface area contributed by atoms with Gasteiger partial charge in [0.15, 0.2) is 5.65 Å². The number of aryl methyl sites for hydroxylation is 2. The normalized spacial score (nSPS) is 16.1. The van der Waals surface area contributed by atoms with Gasteiger partial charge in [-0.05, 0) is 82.9 Å². The number of rotatable bonds is 3. The van der Waals surface area contributed by atoms with Crippen molar-refractivity contribution in [1.82, 2.24) is 14.9 Å². The summed E-state index contributed by atoms with van der Waals surface area (Å²) in [7, 11) is 1.64. The zero-order chi connectivity index (χ0) is 25.3. The lowest BCUT2D eigenvalue weighted by molar-refractivity contribution is 0.0197. The van der Waals surface area contributed by atoms with Crippen molar-refractivity contribution in [3.63, 3.8) is 0 Å². The standard InChI is InChI=1S/C28H32N4O3/c1-17-12-18(2)25(24(13-17)34-6)23-14-20(15-29)21-9-10-22(30-26(21)31-23)19-8-7-11-32(16-19)27(33)35-28(3,4)5/h9-10,12-14,19H,7-8,11,16H2,1-6H3. The fraction of sp³-hybridized carbons (Fsp3) is 0.429. The quantitative estimate of drug-likeness (QED) is 0.471. The van der Waals surface area contributed by atoms with E-state index in [1.54, 1.807) is 18.1 Å². The van der Waals surface area contributed by atoms with Crippen LogP contribution in [0.5, 0.6) is 5.75 Å². The number of piperidine rings is 1. The maximum Gasteiger partial charge on any atom is 0.410 e. The van der Waals surface area contributed by atoms with E-state index >= 15 is 0 Å². The van der Waals surface area contributed by atoms with Crippen LogP contribution >= 0.6 is 0 Å². The number of amides is 1. The van der Waals surface area contributed by atoms with Crippen molar-refractivity contribution in [3.8, 4) is 23.1 Å².